The predicted octanol–water partition coefficient (Wildman–Crippen LogP) is 3.27. The van der Waals surface area contributed by atoms with Crippen LogP contribution in [0.5, 0.6) is 0 Å². The maximum Gasteiger partial charge on any atom is 0.270 e. The number of halogens is 1. The van der Waals surface area contributed by atoms with Crippen LogP contribution in [0, 0.1) is 33.3 Å². The molecule has 0 radical (unpaired) electrons. The van der Waals surface area contributed by atoms with Gasteiger partial charge in [0.1, 0.15) is 6.04 Å². The first-order chi connectivity index (χ1) is 16.3. The number of hydrogen-bond donors (Lipinski definition) is 0. The van der Waals surface area contributed by atoms with Crippen molar-refractivity contribution in [3.63, 3.8) is 0 Å². The number of non-ortho nitro benzene ring substituents is 1. The zero-order chi connectivity index (χ0) is 24.1. The van der Waals surface area contributed by atoms with Gasteiger partial charge in [-0.1, -0.05) is 23.7 Å². The predicted molar refractivity (Wildman–Crippen MR) is 121 cm³/mol. The van der Waals surface area contributed by atoms with Crippen molar-refractivity contribution < 1.29 is 19.3 Å². The summed E-state index contributed by atoms with van der Waals surface area (Å²) in [5, 5.41) is 21.0. The van der Waals surface area contributed by atoms with Crippen molar-refractivity contribution in [2.75, 3.05) is 4.90 Å². The molecule has 0 saturated carbocycles. The number of nitriles is 1. The maximum atomic E-state index is 13.6. The molecule has 0 N–H and O–H groups in total. The molecule has 5 rings (SSSR count). The first kappa shape index (κ1) is 21.6. The van der Waals surface area contributed by atoms with Crippen molar-refractivity contribution in [2.24, 2.45) is 11.8 Å². The molecule has 3 heterocycles. The van der Waals surface area contributed by atoms with Crippen LogP contribution in [0.25, 0.3) is 0 Å². The topological polar surface area (TPSA) is 125 Å². The minimum Gasteiger partial charge on any atom is -0.359 e. The van der Waals surface area contributed by atoms with Gasteiger partial charge in [-0.2, -0.15) is 5.26 Å². The lowest BCUT2D eigenvalue weighted by Crippen LogP contribution is -2.46. The largest absolute Gasteiger partial charge is 0.359 e. The van der Waals surface area contributed by atoms with E-state index in [1.54, 1.807) is 35.2 Å². The van der Waals surface area contributed by atoms with Gasteiger partial charge in [0.25, 0.3) is 5.69 Å². The van der Waals surface area contributed by atoms with Crippen molar-refractivity contribution in [2.45, 2.75) is 12.1 Å². The van der Waals surface area contributed by atoms with Gasteiger partial charge in [-0.05, 0) is 36.4 Å². The molecule has 9 nitrogen and oxygen atoms in total. The Labute approximate surface area is 198 Å². The number of ketones is 1. The number of fused-ring (bicyclic) bond motifs is 3. The van der Waals surface area contributed by atoms with Gasteiger partial charge in [-0.3, -0.25) is 24.5 Å². The highest BCUT2D eigenvalue weighted by molar-refractivity contribution is 6.31. The highest BCUT2D eigenvalue weighted by Crippen LogP contribution is 2.47. The number of imide groups is 1. The molecule has 168 valence electrons. The maximum absolute atomic E-state index is 13.6. The molecule has 34 heavy (non-hydrogen) atoms. The number of carbonyl (C=O) groups excluding carboxylic acids is 3. The minimum absolute atomic E-state index is 0.0623. The van der Waals surface area contributed by atoms with Gasteiger partial charge >= 0.3 is 0 Å². The summed E-state index contributed by atoms with van der Waals surface area (Å²) >= 11 is 5.94. The van der Waals surface area contributed by atoms with Gasteiger partial charge in [0.2, 0.25) is 11.8 Å². The number of nitrogens with zero attached hydrogens (tertiary/aromatic N) is 4. The third-order valence-corrected chi connectivity index (χ3v) is 6.62. The van der Waals surface area contributed by atoms with Gasteiger partial charge in [0, 0.05) is 28.9 Å². The Morgan fingerprint density at radius 1 is 1.09 bits per heavy atom. The number of hydrogen-bond acceptors (Lipinski definition) is 7. The van der Waals surface area contributed by atoms with Gasteiger partial charge in [0.15, 0.2) is 5.78 Å². The summed E-state index contributed by atoms with van der Waals surface area (Å²) in [6, 6.07) is 11.8. The third kappa shape index (κ3) is 3.19. The average Bonchev–Trinajstić information content (AvgIpc) is 3.31. The Morgan fingerprint density at radius 2 is 1.79 bits per heavy atom. The smallest absolute Gasteiger partial charge is 0.270 e. The molecule has 4 atom stereocenters. The van der Waals surface area contributed by atoms with Crippen LogP contribution in [-0.2, 0) is 9.59 Å². The van der Waals surface area contributed by atoms with Crippen molar-refractivity contribution in [1.82, 2.24) is 4.90 Å². The minimum atomic E-state index is -1.07. The lowest BCUT2D eigenvalue weighted by molar-refractivity contribution is -0.384. The van der Waals surface area contributed by atoms with Crippen LogP contribution < -0.4 is 4.90 Å². The van der Waals surface area contributed by atoms with Gasteiger partial charge in [-0.15, -0.1) is 0 Å². The molecule has 2 aromatic rings. The number of allylic oxidation sites excluding steroid dienone is 2. The standard InChI is InChI=1S/C24H15ClN4O5/c25-15-4-6-16(7-5-15)28-23(31)19-18-10-13(12-26)8-9-27(18)21(20(19)24(28)32)22(30)14-2-1-3-17(11-14)29(33)34/h1-11,18-21H/t18-,19-,20+,21+/m1/s1. The summed E-state index contributed by atoms with van der Waals surface area (Å²) in [7, 11) is 0. The van der Waals surface area contributed by atoms with Gasteiger partial charge < -0.3 is 4.90 Å². The zero-order valence-electron chi connectivity index (χ0n) is 17.4. The molecule has 0 aliphatic carbocycles. The third-order valence-electron chi connectivity index (χ3n) is 6.37. The van der Waals surface area contributed by atoms with Crippen LogP contribution in [0.1, 0.15) is 10.4 Å². The summed E-state index contributed by atoms with van der Waals surface area (Å²) in [5.74, 6) is -3.47. The number of anilines is 1. The quantitative estimate of drug-likeness (QED) is 0.288. The second kappa shape index (κ2) is 7.93. The van der Waals surface area contributed by atoms with Crippen molar-refractivity contribution in [3.05, 3.63) is 93.2 Å². The molecule has 0 bridgehead atoms. The average molecular weight is 475 g/mol. The van der Waals surface area contributed by atoms with E-state index in [9.17, 15) is 29.8 Å². The van der Waals surface area contributed by atoms with Gasteiger partial charge in [0.05, 0.1) is 40.1 Å². The summed E-state index contributed by atoms with van der Waals surface area (Å²) in [6.07, 6.45) is 4.63. The fourth-order valence-electron chi connectivity index (χ4n) is 4.91. The molecule has 0 spiro atoms. The molecule has 0 unspecified atom stereocenters. The molecule has 10 heteroatoms. The number of amides is 2. The number of Topliss-reactive ketones (excluding diaryl/α,β-unsaturated/α-hetero) is 1. The van der Waals surface area contributed by atoms with Crippen molar-refractivity contribution in [1.29, 1.82) is 5.26 Å². The van der Waals surface area contributed by atoms with E-state index in [0.29, 0.717) is 16.3 Å². The normalized spacial score (nSPS) is 25.0. The SMILES string of the molecule is N#CC1=C[C@@H]2[C@H]3C(=O)N(c4ccc(Cl)cc4)C(=O)[C@@H]3[C@@H](C(=O)c3cccc([N+](=O)[O-])c3)N2C=C1. The van der Waals surface area contributed by atoms with Crippen LogP contribution in [-0.4, -0.2) is 39.5 Å². The molecule has 2 amide bonds. The Hall–Kier alpha value is -4.29. The van der Waals surface area contributed by atoms with Crippen molar-refractivity contribution >= 4 is 40.6 Å². The van der Waals surface area contributed by atoms with E-state index in [0.717, 1.165) is 11.0 Å². The molecule has 3 aliphatic heterocycles. The van der Waals surface area contributed by atoms with Crippen LogP contribution >= 0.6 is 11.6 Å². The second-order valence-corrected chi connectivity index (χ2v) is 8.58. The molecule has 2 aromatic carbocycles. The van der Waals surface area contributed by atoms with E-state index >= 15 is 0 Å². The number of rotatable bonds is 4. The summed E-state index contributed by atoms with van der Waals surface area (Å²) in [5.41, 5.74) is 0.452. The van der Waals surface area contributed by atoms with Crippen LogP contribution in [0.2, 0.25) is 5.02 Å². The van der Waals surface area contributed by atoms with Gasteiger partial charge in [-0.25, -0.2) is 4.90 Å². The molecular formula is C24H15ClN4O5. The lowest BCUT2D eigenvalue weighted by Gasteiger charge is -2.32. The van der Waals surface area contributed by atoms with E-state index in [1.165, 1.54) is 30.5 Å². The fraction of sp³-hybridized carbons (Fsp3) is 0.167. The second-order valence-electron chi connectivity index (χ2n) is 8.14. The molecule has 3 aliphatic rings. The Balaban J connectivity index is 1.60. The van der Waals surface area contributed by atoms with E-state index in [2.05, 4.69) is 0 Å². The molecular weight excluding hydrogens is 460 g/mol. The highest BCUT2D eigenvalue weighted by atomic mass is 35.5. The monoisotopic (exact) mass is 474 g/mol. The number of carbonyl (C=O) groups is 3. The first-order valence-electron chi connectivity index (χ1n) is 10.3. The fourth-order valence-corrected chi connectivity index (χ4v) is 5.04. The number of nitro benzene ring substituents is 1. The molecule has 0 aromatic heterocycles. The molecule has 2 saturated heterocycles. The van der Waals surface area contributed by atoms with E-state index in [1.807, 2.05) is 6.07 Å². The van der Waals surface area contributed by atoms with Crippen LogP contribution in [0.15, 0.2) is 72.5 Å². The summed E-state index contributed by atoms with van der Waals surface area (Å²) in [6.45, 7) is 0. The Kier molecular flexibility index (Phi) is 5.03. The van der Waals surface area contributed by atoms with Crippen molar-refractivity contribution in [3.8, 4) is 6.07 Å². The van der Waals surface area contributed by atoms with Crippen LogP contribution in [0.4, 0.5) is 11.4 Å². The van der Waals surface area contributed by atoms with E-state index in [4.69, 9.17) is 11.6 Å². The molecule has 2 fully saturated rings. The van der Waals surface area contributed by atoms with Crippen LogP contribution in [0.3, 0.4) is 0 Å². The Bertz CT molecular complexity index is 1360. The van der Waals surface area contributed by atoms with E-state index < -0.39 is 46.4 Å². The first-order valence-corrected chi connectivity index (χ1v) is 10.7. The summed E-state index contributed by atoms with van der Waals surface area (Å²) < 4.78 is 0. The number of nitro groups is 1. The highest BCUT2D eigenvalue weighted by Gasteiger charge is 2.63. The lowest BCUT2D eigenvalue weighted by atomic mass is 9.86. The van der Waals surface area contributed by atoms with E-state index in [-0.39, 0.29) is 11.3 Å². The summed E-state index contributed by atoms with van der Waals surface area (Å²) in [4.78, 5) is 54.0. The number of benzene rings is 2. The zero-order valence-corrected chi connectivity index (χ0v) is 18.1. The Morgan fingerprint density at radius 3 is 2.47 bits per heavy atom.